The minimum atomic E-state index is -2.87. The molecule has 0 spiro atoms. The average molecular weight is 847 g/mol. The Balaban J connectivity index is 1.77. The first-order valence-corrected chi connectivity index (χ1v) is 19.9. The van der Waals surface area contributed by atoms with Gasteiger partial charge in [-0.05, 0) is 28.8 Å². The molecule has 0 aliphatic rings. The number of benzene rings is 3. The number of aromatic nitrogens is 2. The lowest BCUT2D eigenvalue weighted by Crippen LogP contribution is -2.30. The van der Waals surface area contributed by atoms with Gasteiger partial charge in [-0.3, -0.25) is 26.6 Å². The highest BCUT2D eigenvalue weighted by Gasteiger charge is 2.27. The van der Waals surface area contributed by atoms with Crippen molar-refractivity contribution in [3.8, 4) is 17.2 Å². The monoisotopic (exact) mass is 846 g/mol. The number of rotatable bonds is 23. The Morgan fingerprint density at radius 1 is 0.636 bits per heavy atom. The van der Waals surface area contributed by atoms with E-state index in [0.717, 1.165) is 0 Å². The van der Waals surface area contributed by atoms with Crippen molar-refractivity contribution >= 4 is 57.2 Å². The minimum Gasteiger partial charge on any atom is -0.493 e. The number of hydrogen-bond donors (Lipinski definition) is 6. The van der Waals surface area contributed by atoms with Gasteiger partial charge in [0.1, 0.15) is 24.3 Å². The molecule has 8 unspecified atom stereocenters. The standard InChI is InChI=1S/C32H38N4O15S4/c1-45-26-15-20(16-27(46-2)30(26)47-3)14-23-19-33-32(35-29(51-55(43)44)18-25(49-53(39)40)22-12-8-5-9-13-22)36-31(23)34-28(50-54(41)42)17-24(48-52(37)38)21-10-6-4-7-11-21/h4-13,15-16,19,24-25,28-29H,14,17-18H2,1-3H3,(H,37,38)(H,39,40)(H,41,42)(H,43,44)(H2,33,34,35,36). The lowest BCUT2D eigenvalue weighted by molar-refractivity contribution is 0.129. The van der Waals surface area contributed by atoms with Gasteiger partial charge in [0.05, 0.1) is 21.3 Å². The van der Waals surface area contributed by atoms with Crippen LogP contribution in [0.15, 0.2) is 79.0 Å². The first-order chi connectivity index (χ1) is 26.4. The lowest BCUT2D eigenvalue weighted by Gasteiger charge is -2.25. The van der Waals surface area contributed by atoms with Crippen molar-refractivity contribution in [2.24, 2.45) is 0 Å². The molecule has 55 heavy (non-hydrogen) atoms. The third-order valence-electron chi connectivity index (χ3n) is 7.56. The fourth-order valence-electron chi connectivity index (χ4n) is 5.31. The summed E-state index contributed by atoms with van der Waals surface area (Å²) in [5.74, 6) is 0.816. The molecular weight excluding hydrogens is 809 g/mol. The van der Waals surface area contributed by atoms with Crippen molar-refractivity contribution in [3.05, 3.63) is 101 Å². The van der Waals surface area contributed by atoms with E-state index < -0.39 is 70.1 Å². The molecule has 0 saturated heterocycles. The Kier molecular flexibility index (Phi) is 17.4. The summed E-state index contributed by atoms with van der Waals surface area (Å²) < 4.78 is 123. The molecule has 8 atom stereocenters. The van der Waals surface area contributed by atoms with Crippen molar-refractivity contribution in [2.75, 3.05) is 32.0 Å². The highest BCUT2D eigenvalue weighted by Crippen LogP contribution is 2.39. The first kappa shape index (κ1) is 43.7. The van der Waals surface area contributed by atoms with Gasteiger partial charge in [0.15, 0.2) is 17.7 Å². The van der Waals surface area contributed by atoms with Gasteiger partial charge in [-0.25, -0.2) is 13.4 Å². The van der Waals surface area contributed by atoms with Gasteiger partial charge in [-0.15, -0.1) is 0 Å². The van der Waals surface area contributed by atoms with Crippen LogP contribution >= 0.6 is 0 Å². The fraction of sp³-hybridized carbons (Fsp3) is 0.312. The Morgan fingerprint density at radius 3 is 1.51 bits per heavy atom. The van der Waals surface area contributed by atoms with Crippen molar-refractivity contribution in [2.45, 2.75) is 43.9 Å². The van der Waals surface area contributed by atoms with E-state index in [1.807, 2.05) is 0 Å². The van der Waals surface area contributed by atoms with Crippen LogP contribution < -0.4 is 24.8 Å². The van der Waals surface area contributed by atoms with E-state index in [2.05, 4.69) is 20.6 Å². The van der Waals surface area contributed by atoms with E-state index in [0.29, 0.717) is 39.5 Å². The predicted octanol–water partition coefficient (Wildman–Crippen LogP) is 4.45. The highest BCUT2D eigenvalue weighted by molar-refractivity contribution is 7.74. The zero-order valence-corrected chi connectivity index (χ0v) is 32.5. The normalized spacial score (nSPS) is 15.8. The van der Waals surface area contributed by atoms with E-state index in [9.17, 15) is 35.0 Å². The van der Waals surface area contributed by atoms with E-state index >= 15 is 0 Å². The van der Waals surface area contributed by atoms with Crippen molar-refractivity contribution in [1.82, 2.24) is 9.97 Å². The van der Waals surface area contributed by atoms with Gasteiger partial charge in [0, 0.05) is 31.0 Å². The molecule has 0 aliphatic carbocycles. The molecule has 0 saturated carbocycles. The molecule has 23 heteroatoms. The van der Waals surface area contributed by atoms with Gasteiger partial charge in [0.2, 0.25) is 11.7 Å². The maximum Gasteiger partial charge on any atom is 0.303 e. The zero-order chi connectivity index (χ0) is 39.9. The number of hydrogen-bond acceptors (Lipinski definition) is 15. The summed E-state index contributed by atoms with van der Waals surface area (Å²) in [6, 6.07) is 19.9. The SMILES string of the molecule is COc1cc(Cc2cnc(NC(CC(OS(=O)O)c3ccccc3)OS(=O)O)nc2NC(CC(OS(=O)O)c2ccccc2)OS(=O)O)cc(OC)c1OC. The topological polar surface area (TPSA) is 264 Å². The summed E-state index contributed by atoms with van der Waals surface area (Å²) in [5.41, 5.74) is 1.87. The zero-order valence-electron chi connectivity index (χ0n) is 29.2. The van der Waals surface area contributed by atoms with Crippen LogP contribution in [0.1, 0.15) is 47.3 Å². The highest BCUT2D eigenvalue weighted by atomic mass is 32.2. The number of nitrogens with zero attached hydrogens (tertiary/aromatic N) is 2. The van der Waals surface area contributed by atoms with Crippen LogP contribution in [-0.4, -0.2) is 78.8 Å². The number of anilines is 2. The third-order valence-corrected chi connectivity index (χ3v) is 9.15. The smallest absolute Gasteiger partial charge is 0.303 e. The number of methoxy groups -OCH3 is 3. The van der Waals surface area contributed by atoms with Crippen molar-refractivity contribution in [1.29, 1.82) is 0 Å². The van der Waals surface area contributed by atoms with Crippen molar-refractivity contribution < 1.29 is 66.0 Å². The largest absolute Gasteiger partial charge is 0.493 e. The molecule has 0 radical (unpaired) electrons. The van der Waals surface area contributed by atoms with Gasteiger partial charge in [0.25, 0.3) is 0 Å². The minimum absolute atomic E-state index is 0.00479. The first-order valence-electron chi connectivity index (χ1n) is 15.8. The maximum absolute atomic E-state index is 12.0. The van der Waals surface area contributed by atoms with Crippen LogP contribution in [-0.2, 0) is 68.6 Å². The van der Waals surface area contributed by atoms with Crippen LogP contribution in [0.25, 0.3) is 0 Å². The van der Waals surface area contributed by atoms with E-state index in [1.165, 1.54) is 27.5 Å². The van der Waals surface area contributed by atoms with Crippen LogP contribution in [0.5, 0.6) is 17.2 Å². The molecule has 4 rings (SSSR count). The molecule has 4 aromatic rings. The summed E-state index contributed by atoms with van der Waals surface area (Å²) in [6.45, 7) is 0. The maximum atomic E-state index is 12.0. The van der Waals surface area contributed by atoms with Crippen LogP contribution in [0.4, 0.5) is 11.8 Å². The average Bonchev–Trinajstić information content (AvgIpc) is 3.14. The van der Waals surface area contributed by atoms with Crippen LogP contribution in [0, 0.1) is 0 Å². The molecule has 1 heterocycles. The van der Waals surface area contributed by atoms with Gasteiger partial charge in [-0.2, -0.15) is 21.8 Å². The molecule has 0 bridgehead atoms. The van der Waals surface area contributed by atoms with Crippen LogP contribution in [0.2, 0.25) is 0 Å². The Hall–Kier alpha value is -3.98. The van der Waals surface area contributed by atoms with Crippen LogP contribution in [0.3, 0.4) is 0 Å². The van der Waals surface area contributed by atoms with E-state index in [-0.39, 0.29) is 31.0 Å². The molecule has 300 valence electrons. The molecule has 0 amide bonds. The lowest BCUT2D eigenvalue weighted by atomic mass is 10.0. The Labute approximate surface area is 326 Å². The second-order valence-corrected chi connectivity index (χ2v) is 13.6. The summed E-state index contributed by atoms with van der Waals surface area (Å²) in [6.07, 6.45) is -4.20. The van der Waals surface area contributed by atoms with E-state index in [4.69, 9.17) is 30.9 Å². The molecule has 0 aliphatic heterocycles. The Bertz CT molecular complexity index is 1910. The number of nitrogens with one attached hydrogen (secondary N) is 2. The van der Waals surface area contributed by atoms with E-state index in [1.54, 1.807) is 72.8 Å². The number of ether oxygens (including phenoxy) is 3. The summed E-state index contributed by atoms with van der Waals surface area (Å²) in [5, 5.41) is 5.71. The predicted molar refractivity (Wildman–Crippen MR) is 201 cm³/mol. The second-order valence-electron chi connectivity index (χ2n) is 11.1. The fourth-order valence-corrected chi connectivity index (χ4v) is 6.74. The van der Waals surface area contributed by atoms with Gasteiger partial charge >= 0.3 is 45.4 Å². The summed E-state index contributed by atoms with van der Waals surface area (Å²) in [7, 11) is 4.35. The third kappa shape index (κ3) is 13.9. The molecule has 1 aromatic heterocycles. The molecule has 6 N–H and O–H groups in total. The summed E-state index contributed by atoms with van der Waals surface area (Å²) in [4.78, 5) is 8.87. The molecule has 3 aromatic carbocycles. The van der Waals surface area contributed by atoms with Gasteiger partial charge < -0.3 is 24.8 Å². The van der Waals surface area contributed by atoms with Crippen molar-refractivity contribution in [3.63, 3.8) is 0 Å². The molecule has 0 fully saturated rings. The quantitative estimate of drug-likeness (QED) is 0.0445. The second kappa shape index (κ2) is 21.9. The summed E-state index contributed by atoms with van der Waals surface area (Å²) >= 11 is -11.2. The molecule has 19 nitrogen and oxygen atoms in total. The molecular formula is C32H38N4O15S4. The Morgan fingerprint density at radius 2 is 1.09 bits per heavy atom. The van der Waals surface area contributed by atoms with Gasteiger partial charge in [-0.1, -0.05) is 60.7 Å².